The van der Waals surface area contributed by atoms with Crippen molar-refractivity contribution in [2.45, 2.75) is 31.2 Å². The Labute approximate surface area is 195 Å². The van der Waals surface area contributed by atoms with Gasteiger partial charge >= 0.3 is 6.03 Å². The topological polar surface area (TPSA) is 58.4 Å². The Morgan fingerprint density at radius 2 is 1.68 bits per heavy atom. The summed E-state index contributed by atoms with van der Waals surface area (Å²) >= 11 is 0. The van der Waals surface area contributed by atoms with Crippen LogP contribution in [-0.4, -0.2) is 33.7 Å². The van der Waals surface area contributed by atoms with Gasteiger partial charge in [0.25, 0.3) is 0 Å². The molecule has 0 bridgehead atoms. The van der Waals surface area contributed by atoms with E-state index >= 15 is 8.78 Å². The van der Waals surface area contributed by atoms with Crippen molar-refractivity contribution in [2.24, 2.45) is 7.05 Å². The molecule has 6 nitrogen and oxygen atoms in total. The summed E-state index contributed by atoms with van der Waals surface area (Å²) in [6.45, 7) is 0. The largest absolute Gasteiger partial charge is 0.332 e. The van der Waals surface area contributed by atoms with Crippen molar-refractivity contribution in [3.63, 3.8) is 0 Å². The van der Waals surface area contributed by atoms with E-state index in [1.807, 2.05) is 25.2 Å². The van der Waals surface area contributed by atoms with Crippen LogP contribution in [0.25, 0.3) is 0 Å². The number of hydrogen-bond acceptors (Lipinski definition) is 3. The molecule has 8 heteroatoms. The summed E-state index contributed by atoms with van der Waals surface area (Å²) in [5.74, 6) is 2.88. The Bertz CT molecular complexity index is 1350. The van der Waals surface area contributed by atoms with Crippen LogP contribution in [-0.2, 0) is 23.8 Å². The Morgan fingerprint density at radius 3 is 2.38 bits per heavy atom. The fraction of sp³-hybridized carbons (Fsp3) is 0.269. The number of fused-ring (bicyclic) bond motifs is 2. The first-order chi connectivity index (χ1) is 16.3. The van der Waals surface area contributed by atoms with Gasteiger partial charge in [-0.2, -0.15) is 5.10 Å². The number of urea groups is 1. The first-order valence-electron chi connectivity index (χ1n) is 11.0. The molecule has 1 aromatic heterocycles. The SMILES string of the molecule is CN1C(=O)N(c2c(F)cc(C#Cc3ccccc3)cc2F)C(=O)CC12CCCc1c2cnn1C. The first kappa shape index (κ1) is 21.8. The Hall–Kier alpha value is -3.99. The number of aryl methyl sites for hydroxylation is 1. The minimum atomic E-state index is -1.02. The Balaban J connectivity index is 1.50. The highest BCUT2D eigenvalue weighted by Crippen LogP contribution is 2.46. The average molecular weight is 460 g/mol. The zero-order valence-corrected chi connectivity index (χ0v) is 18.8. The number of carbonyl (C=O) groups is 2. The molecule has 1 spiro atoms. The lowest BCUT2D eigenvalue weighted by Crippen LogP contribution is -2.62. The fourth-order valence-electron chi connectivity index (χ4n) is 4.99. The van der Waals surface area contributed by atoms with E-state index in [0.717, 1.165) is 36.2 Å². The van der Waals surface area contributed by atoms with Crippen molar-refractivity contribution in [1.82, 2.24) is 14.7 Å². The van der Waals surface area contributed by atoms with Crippen LogP contribution in [0.2, 0.25) is 0 Å². The molecule has 1 saturated heterocycles. The Morgan fingerprint density at radius 1 is 1.00 bits per heavy atom. The van der Waals surface area contributed by atoms with Crippen molar-refractivity contribution in [1.29, 1.82) is 0 Å². The average Bonchev–Trinajstić information content (AvgIpc) is 3.21. The van der Waals surface area contributed by atoms with Crippen molar-refractivity contribution >= 4 is 17.6 Å². The number of anilines is 1. The van der Waals surface area contributed by atoms with Gasteiger partial charge in [-0.25, -0.2) is 18.5 Å². The van der Waals surface area contributed by atoms with E-state index in [1.54, 1.807) is 30.1 Å². The predicted octanol–water partition coefficient (Wildman–Crippen LogP) is 4.12. The standard InChI is InChI=1S/C26H22F2N4O2/c1-30-25(34)32(23(33)15-26(30)12-6-9-22-19(26)16-29-31(22)2)24-20(27)13-18(14-21(24)28)11-10-17-7-4-3-5-8-17/h3-5,7-8,13-14,16H,6,9,12,15H2,1-2H3. The summed E-state index contributed by atoms with van der Waals surface area (Å²) in [5, 5.41) is 4.31. The van der Waals surface area contributed by atoms with Crippen molar-refractivity contribution in [3.8, 4) is 11.8 Å². The number of benzene rings is 2. The van der Waals surface area contributed by atoms with Gasteiger partial charge in [0.1, 0.15) is 5.69 Å². The summed E-state index contributed by atoms with van der Waals surface area (Å²) < 4.78 is 31.9. The number of amides is 3. The molecule has 1 unspecified atom stereocenters. The zero-order chi connectivity index (χ0) is 24.0. The number of hydrogen-bond donors (Lipinski definition) is 0. The molecule has 2 aliphatic rings. The second-order valence-corrected chi connectivity index (χ2v) is 8.67. The van der Waals surface area contributed by atoms with Gasteiger partial charge < -0.3 is 4.90 Å². The molecule has 0 N–H and O–H groups in total. The Kier molecular flexibility index (Phi) is 5.20. The predicted molar refractivity (Wildman–Crippen MR) is 122 cm³/mol. The van der Waals surface area contributed by atoms with Crippen LogP contribution >= 0.6 is 0 Å². The van der Waals surface area contributed by atoms with Crippen LogP contribution in [0.5, 0.6) is 0 Å². The van der Waals surface area contributed by atoms with Gasteiger partial charge in [-0.3, -0.25) is 9.48 Å². The minimum absolute atomic E-state index is 0.0810. The summed E-state index contributed by atoms with van der Waals surface area (Å²) in [7, 11) is 3.39. The first-order valence-corrected chi connectivity index (χ1v) is 11.0. The number of halogens is 2. The molecule has 0 saturated carbocycles. The van der Waals surface area contributed by atoms with Crippen LogP contribution in [0.1, 0.15) is 41.6 Å². The highest BCUT2D eigenvalue weighted by molar-refractivity contribution is 6.16. The van der Waals surface area contributed by atoms with E-state index in [2.05, 4.69) is 16.9 Å². The molecule has 2 heterocycles. The van der Waals surface area contributed by atoms with Gasteiger partial charge in [0.05, 0.1) is 18.2 Å². The van der Waals surface area contributed by atoms with Crippen LogP contribution in [0.4, 0.5) is 19.3 Å². The summed E-state index contributed by atoms with van der Waals surface area (Å²) in [4.78, 5) is 28.6. The molecule has 172 valence electrons. The molecular formula is C26H22F2N4O2. The monoisotopic (exact) mass is 460 g/mol. The van der Waals surface area contributed by atoms with E-state index in [1.165, 1.54) is 4.90 Å². The van der Waals surface area contributed by atoms with Crippen molar-refractivity contribution < 1.29 is 18.4 Å². The van der Waals surface area contributed by atoms with E-state index < -0.39 is 34.8 Å². The van der Waals surface area contributed by atoms with Crippen molar-refractivity contribution in [2.75, 3.05) is 11.9 Å². The van der Waals surface area contributed by atoms with Crippen LogP contribution in [0, 0.1) is 23.5 Å². The lowest BCUT2D eigenvalue weighted by Gasteiger charge is -2.49. The van der Waals surface area contributed by atoms with E-state index in [-0.39, 0.29) is 12.0 Å². The van der Waals surface area contributed by atoms with Gasteiger partial charge in [-0.15, -0.1) is 0 Å². The van der Waals surface area contributed by atoms with Gasteiger partial charge in [0.15, 0.2) is 11.6 Å². The molecular weight excluding hydrogens is 438 g/mol. The maximum absolute atomic E-state index is 15.1. The smallest absolute Gasteiger partial charge is 0.317 e. The van der Waals surface area contributed by atoms with E-state index in [4.69, 9.17) is 0 Å². The van der Waals surface area contributed by atoms with Crippen molar-refractivity contribution in [3.05, 3.63) is 82.7 Å². The second-order valence-electron chi connectivity index (χ2n) is 8.67. The van der Waals surface area contributed by atoms with Gasteiger partial charge in [0.2, 0.25) is 5.91 Å². The molecule has 1 aliphatic heterocycles. The number of rotatable bonds is 1. The summed E-state index contributed by atoms with van der Waals surface area (Å²) in [6.07, 6.45) is 3.74. The second kappa shape index (κ2) is 8.10. The lowest BCUT2D eigenvalue weighted by atomic mass is 9.75. The third-order valence-electron chi connectivity index (χ3n) is 6.75. The molecule has 2 aromatic carbocycles. The molecule has 0 radical (unpaired) electrons. The summed E-state index contributed by atoms with van der Waals surface area (Å²) in [5.41, 5.74) is 1.03. The fourth-order valence-corrected chi connectivity index (χ4v) is 4.99. The maximum atomic E-state index is 15.1. The third-order valence-corrected chi connectivity index (χ3v) is 6.75. The number of nitrogens with zero attached hydrogens (tertiary/aromatic N) is 4. The highest BCUT2D eigenvalue weighted by atomic mass is 19.1. The van der Waals surface area contributed by atoms with Crippen LogP contribution in [0.3, 0.4) is 0 Å². The van der Waals surface area contributed by atoms with Gasteiger partial charge in [-0.1, -0.05) is 30.0 Å². The van der Waals surface area contributed by atoms with E-state index in [9.17, 15) is 9.59 Å². The van der Waals surface area contributed by atoms with Crippen LogP contribution in [0.15, 0.2) is 48.7 Å². The minimum Gasteiger partial charge on any atom is -0.317 e. The number of aromatic nitrogens is 2. The van der Waals surface area contributed by atoms with Gasteiger partial charge in [0, 0.05) is 36.5 Å². The third kappa shape index (κ3) is 3.36. The molecule has 34 heavy (non-hydrogen) atoms. The highest BCUT2D eigenvalue weighted by Gasteiger charge is 2.52. The maximum Gasteiger partial charge on any atom is 0.332 e. The quantitative estimate of drug-likeness (QED) is 0.514. The van der Waals surface area contributed by atoms with Gasteiger partial charge in [-0.05, 0) is 43.5 Å². The summed E-state index contributed by atoms with van der Waals surface area (Å²) in [6, 6.07) is 10.3. The molecule has 3 aromatic rings. The molecule has 3 amide bonds. The normalized spacial score (nSPS) is 19.8. The number of imide groups is 1. The molecule has 1 fully saturated rings. The number of carbonyl (C=O) groups excluding carboxylic acids is 2. The lowest BCUT2D eigenvalue weighted by molar-refractivity contribution is -0.123. The van der Waals surface area contributed by atoms with E-state index in [0.29, 0.717) is 16.9 Å². The van der Waals surface area contributed by atoms with Crippen LogP contribution < -0.4 is 4.90 Å². The molecule has 1 aliphatic carbocycles. The molecule has 1 atom stereocenters. The molecule has 5 rings (SSSR count). The zero-order valence-electron chi connectivity index (χ0n) is 18.8.